The number of rotatable bonds is 4. The maximum Gasteiger partial charge on any atom is 0.362 e. The number of alkyl halides is 1. The van der Waals surface area contributed by atoms with Crippen LogP contribution >= 0.6 is 0 Å². The van der Waals surface area contributed by atoms with Crippen LogP contribution in [0.3, 0.4) is 0 Å². The molecule has 120 valence electrons. The largest absolute Gasteiger partial charge is 0.462 e. The highest BCUT2D eigenvalue weighted by atomic mass is 32.2. The lowest BCUT2D eigenvalue weighted by Crippen LogP contribution is -2.43. The Morgan fingerprint density at radius 2 is 2.10 bits per heavy atom. The van der Waals surface area contributed by atoms with E-state index in [-0.39, 0.29) is 17.9 Å². The summed E-state index contributed by atoms with van der Waals surface area (Å²) in [5, 5.41) is 7.04. The number of carbonyl (C=O) groups excluding carboxylic acids is 1. The van der Waals surface area contributed by atoms with E-state index in [1.165, 1.54) is 0 Å². The number of esters is 1. The fraction of sp³-hybridized carbons (Fsp3) is 0.923. The van der Waals surface area contributed by atoms with Crippen LogP contribution in [0.2, 0.25) is 0 Å². The van der Waals surface area contributed by atoms with Crippen molar-refractivity contribution >= 4 is 16.1 Å². The van der Waals surface area contributed by atoms with Gasteiger partial charge in [0.1, 0.15) is 0 Å². The van der Waals surface area contributed by atoms with Gasteiger partial charge in [-0.15, -0.1) is 0 Å². The second-order valence-electron chi connectivity index (χ2n) is 7.16. The van der Waals surface area contributed by atoms with E-state index in [1.807, 2.05) is 0 Å². The molecule has 0 radical (unpaired) electrons. The zero-order valence-electron chi connectivity index (χ0n) is 11.7. The minimum Gasteiger partial charge on any atom is -0.462 e. The standard InChI is InChI=1S/C13H19FO6S/c1-11(14,21(17,18)19)10(15)20-7-12-3-8-2-9(5-12)13(16,4-8)6-12/h8-9,16H,2-7H2,1H3,(H,17,18,19)/t8?,9?,11?,12?,13-/m1/s1. The topological polar surface area (TPSA) is 101 Å². The molecular formula is C13H19FO6S. The van der Waals surface area contributed by atoms with Crippen molar-refractivity contribution in [2.45, 2.75) is 49.6 Å². The van der Waals surface area contributed by atoms with Gasteiger partial charge in [-0.25, -0.2) is 9.18 Å². The average molecular weight is 322 g/mol. The van der Waals surface area contributed by atoms with Gasteiger partial charge < -0.3 is 9.84 Å². The molecule has 0 amide bonds. The van der Waals surface area contributed by atoms with Gasteiger partial charge in [-0.2, -0.15) is 8.42 Å². The summed E-state index contributed by atoms with van der Waals surface area (Å²) < 4.78 is 49.1. The summed E-state index contributed by atoms with van der Waals surface area (Å²) in [7, 11) is -5.18. The van der Waals surface area contributed by atoms with Crippen LogP contribution in [0.1, 0.15) is 39.0 Å². The molecule has 6 nitrogen and oxygen atoms in total. The van der Waals surface area contributed by atoms with Gasteiger partial charge in [0, 0.05) is 5.41 Å². The van der Waals surface area contributed by atoms with Crippen LogP contribution in [0.5, 0.6) is 0 Å². The van der Waals surface area contributed by atoms with Crippen molar-refractivity contribution in [3.8, 4) is 0 Å². The zero-order chi connectivity index (χ0) is 15.7. The third-order valence-electron chi connectivity index (χ3n) is 5.46. The first-order valence-electron chi connectivity index (χ1n) is 7.03. The van der Waals surface area contributed by atoms with Gasteiger partial charge in [-0.05, 0) is 50.9 Å². The predicted molar refractivity (Wildman–Crippen MR) is 69.5 cm³/mol. The molecule has 4 aliphatic carbocycles. The Hall–Kier alpha value is -0.730. The van der Waals surface area contributed by atoms with E-state index in [0.29, 0.717) is 25.7 Å². The molecule has 0 aliphatic heterocycles. The van der Waals surface area contributed by atoms with E-state index in [9.17, 15) is 22.7 Å². The molecule has 0 saturated heterocycles. The van der Waals surface area contributed by atoms with E-state index >= 15 is 0 Å². The van der Waals surface area contributed by atoms with Crippen molar-refractivity contribution in [3.63, 3.8) is 0 Å². The molecule has 0 aromatic rings. The lowest BCUT2D eigenvalue weighted by Gasteiger charge is -2.39. The lowest BCUT2D eigenvalue weighted by molar-refractivity contribution is -0.157. The molecule has 4 bridgehead atoms. The van der Waals surface area contributed by atoms with Crippen LogP contribution in [0.25, 0.3) is 0 Å². The van der Waals surface area contributed by atoms with E-state index in [0.717, 1.165) is 19.3 Å². The van der Waals surface area contributed by atoms with Crippen LogP contribution in [-0.4, -0.2) is 41.3 Å². The first-order chi connectivity index (χ1) is 9.48. The van der Waals surface area contributed by atoms with E-state index in [4.69, 9.17) is 9.29 Å². The summed E-state index contributed by atoms with van der Waals surface area (Å²) in [6, 6.07) is 0. The third-order valence-corrected chi connectivity index (χ3v) is 6.60. The number of hydrogen-bond donors (Lipinski definition) is 2. The Labute approximate surface area is 122 Å². The van der Waals surface area contributed by atoms with Crippen LogP contribution in [-0.2, 0) is 19.6 Å². The van der Waals surface area contributed by atoms with Gasteiger partial charge in [0.25, 0.3) is 0 Å². The Balaban J connectivity index is 1.68. The van der Waals surface area contributed by atoms with Crippen molar-refractivity contribution in [1.29, 1.82) is 0 Å². The smallest absolute Gasteiger partial charge is 0.362 e. The maximum absolute atomic E-state index is 13.8. The molecule has 8 heteroatoms. The second-order valence-corrected chi connectivity index (χ2v) is 8.88. The molecule has 4 aliphatic rings. The molecular weight excluding hydrogens is 303 g/mol. The highest BCUT2D eigenvalue weighted by Gasteiger charge is 2.64. The van der Waals surface area contributed by atoms with Crippen LogP contribution in [0.15, 0.2) is 0 Å². The number of ether oxygens (including phenoxy) is 1. The quantitative estimate of drug-likeness (QED) is 0.592. The molecule has 0 aromatic heterocycles. The molecule has 0 spiro atoms. The summed E-state index contributed by atoms with van der Waals surface area (Å²) in [6.45, 7) is 0.349. The van der Waals surface area contributed by atoms with E-state index < -0.39 is 26.7 Å². The number of carbonyl (C=O) groups is 1. The first-order valence-corrected chi connectivity index (χ1v) is 8.47. The van der Waals surface area contributed by atoms with Crippen molar-refractivity contribution in [2.75, 3.05) is 6.61 Å². The third kappa shape index (κ3) is 2.19. The van der Waals surface area contributed by atoms with Gasteiger partial charge in [-0.1, -0.05) is 0 Å². The molecule has 2 N–H and O–H groups in total. The van der Waals surface area contributed by atoms with Gasteiger partial charge >= 0.3 is 21.1 Å². The lowest BCUT2D eigenvalue weighted by atomic mass is 9.69. The molecule has 21 heavy (non-hydrogen) atoms. The summed E-state index contributed by atoms with van der Waals surface area (Å²) in [5.41, 5.74) is -1.09. The first kappa shape index (κ1) is 15.2. The van der Waals surface area contributed by atoms with Crippen molar-refractivity contribution in [3.05, 3.63) is 0 Å². The number of aliphatic hydroxyl groups is 1. The Morgan fingerprint density at radius 3 is 2.62 bits per heavy atom. The van der Waals surface area contributed by atoms with E-state index in [2.05, 4.69) is 0 Å². The normalized spacial score (nSPS) is 43.8. The zero-order valence-corrected chi connectivity index (χ0v) is 12.5. The monoisotopic (exact) mass is 322 g/mol. The average Bonchev–Trinajstić information content (AvgIpc) is 2.66. The fourth-order valence-electron chi connectivity index (χ4n) is 4.65. The highest BCUT2D eigenvalue weighted by molar-refractivity contribution is 7.87. The van der Waals surface area contributed by atoms with Gasteiger partial charge in [0.2, 0.25) is 0 Å². The van der Waals surface area contributed by atoms with Crippen molar-refractivity contribution in [1.82, 2.24) is 0 Å². The summed E-state index contributed by atoms with van der Waals surface area (Å²) in [4.78, 5) is 11.6. The SMILES string of the molecule is CC(F)(C(=O)OCC12CC3CC(C1)[C@@](O)(C3)C2)S(=O)(=O)O. The van der Waals surface area contributed by atoms with Crippen LogP contribution in [0.4, 0.5) is 4.39 Å². The molecule has 4 fully saturated rings. The van der Waals surface area contributed by atoms with Gasteiger partial charge in [0.15, 0.2) is 0 Å². The predicted octanol–water partition coefficient (Wildman–Crippen LogP) is 1.04. The second kappa shape index (κ2) is 4.17. The highest BCUT2D eigenvalue weighted by Crippen LogP contribution is 2.66. The van der Waals surface area contributed by atoms with Gasteiger partial charge in [-0.3, -0.25) is 4.55 Å². The molecule has 0 heterocycles. The molecule has 4 rings (SSSR count). The molecule has 4 saturated carbocycles. The van der Waals surface area contributed by atoms with Crippen molar-refractivity contribution < 1.29 is 32.0 Å². The van der Waals surface area contributed by atoms with Crippen LogP contribution < -0.4 is 0 Å². The number of halogens is 1. The Bertz CT molecular complexity index is 587. The number of hydrogen-bond acceptors (Lipinski definition) is 5. The van der Waals surface area contributed by atoms with E-state index in [1.54, 1.807) is 0 Å². The summed E-state index contributed by atoms with van der Waals surface area (Å²) >= 11 is 0. The minimum absolute atomic E-state index is 0.115. The van der Waals surface area contributed by atoms with Gasteiger partial charge in [0.05, 0.1) is 12.2 Å². The minimum atomic E-state index is -5.18. The Kier molecular flexibility index (Phi) is 3.01. The van der Waals surface area contributed by atoms with Crippen LogP contribution in [0, 0.1) is 17.3 Å². The summed E-state index contributed by atoms with van der Waals surface area (Å²) in [6.07, 6.45) is 3.75. The summed E-state index contributed by atoms with van der Waals surface area (Å²) in [5.74, 6) is -1.03. The van der Waals surface area contributed by atoms with Crippen molar-refractivity contribution in [2.24, 2.45) is 17.3 Å². The molecule has 4 unspecified atom stereocenters. The molecule has 5 atom stereocenters. The fourth-order valence-corrected chi connectivity index (χ4v) is 4.92. The Morgan fingerprint density at radius 1 is 1.43 bits per heavy atom. The molecule has 0 aromatic carbocycles. The maximum atomic E-state index is 13.8.